The summed E-state index contributed by atoms with van der Waals surface area (Å²) in [5, 5.41) is 1.43. The molecule has 0 bridgehead atoms. The standard InChI is InChI=1S/C15H12F3N3O5S/c16-15(17,18)14(20-27(24,25)11-6-2-1-3-7-11)12(22)21(13(23)19-14)9-10-5-4-8-26-10/h1-8,20H,9H2,(H,19,23)/t14-/m1/s1. The SMILES string of the molecule is O=C1N[C@](NS(=O)(=O)c2ccccc2)(C(F)(F)F)C(=O)N1Cc1ccco1. The van der Waals surface area contributed by atoms with Gasteiger partial charge in [-0.25, -0.2) is 13.2 Å². The molecule has 1 aromatic heterocycles. The lowest BCUT2D eigenvalue weighted by molar-refractivity contribution is -0.198. The van der Waals surface area contributed by atoms with Crippen molar-refractivity contribution in [2.75, 3.05) is 0 Å². The average Bonchev–Trinajstić information content (AvgIpc) is 3.18. The number of urea groups is 1. The molecule has 3 amide bonds. The minimum atomic E-state index is -5.44. The maximum atomic E-state index is 13.7. The van der Waals surface area contributed by atoms with Crippen molar-refractivity contribution in [1.29, 1.82) is 0 Å². The number of furan rings is 1. The van der Waals surface area contributed by atoms with Gasteiger partial charge in [-0.1, -0.05) is 18.2 Å². The number of benzene rings is 1. The quantitative estimate of drug-likeness (QED) is 0.737. The van der Waals surface area contributed by atoms with Gasteiger partial charge in [0.2, 0.25) is 10.0 Å². The van der Waals surface area contributed by atoms with E-state index in [1.54, 1.807) is 0 Å². The second-order valence-electron chi connectivity index (χ2n) is 5.57. The van der Waals surface area contributed by atoms with Crippen LogP contribution in [-0.2, 0) is 21.4 Å². The zero-order valence-electron chi connectivity index (χ0n) is 13.4. The van der Waals surface area contributed by atoms with E-state index >= 15 is 0 Å². The lowest BCUT2D eigenvalue weighted by Crippen LogP contribution is -2.69. The molecular weight excluding hydrogens is 391 g/mol. The van der Waals surface area contributed by atoms with Gasteiger partial charge in [0.15, 0.2) is 0 Å². The van der Waals surface area contributed by atoms with E-state index in [1.807, 2.05) is 0 Å². The third kappa shape index (κ3) is 3.28. The van der Waals surface area contributed by atoms with E-state index in [1.165, 1.54) is 46.6 Å². The molecule has 1 fully saturated rings. The molecule has 27 heavy (non-hydrogen) atoms. The van der Waals surface area contributed by atoms with E-state index < -0.39 is 45.2 Å². The van der Waals surface area contributed by atoms with Crippen LogP contribution < -0.4 is 10.0 Å². The fourth-order valence-corrected chi connectivity index (χ4v) is 3.75. The molecule has 1 aliphatic heterocycles. The summed E-state index contributed by atoms with van der Waals surface area (Å²) >= 11 is 0. The van der Waals surface area contributed by atoms with Crippen molar-refractivity contribution in [3.05, 3.63) is 54.5 Å². The Hall–Kier alpha value is -2.86. The van der Waals surface area contributed by atoms with Crippen LogP contribution in [0.15, 0.2) is 58.0 Å². The highest BCUT2D eigenvalue weighted by Crippen LogP contribution is 2.35. The number of sulfonamides is 1. The monoisotopic (exact) mass is 403 g/mol. The first kappa shape index (κ1) is 18.9. The number of hydrogen-bond donors (Lipinski definition) is 2. The van der Waals surface area contributed by atoms with Crippen LogP contribution in [0.1, 0.15) is 5.76 Å². The minimum absolute atomic E-state index is 0.0439. The van der Waals surface area contributed by atoms with Crippen molar-refractivity contribution in [3.63, 3.8) is 0 Å². The molecule has 0 spiro atoms. The number of hydrogen-bond acceptors (Lipinski definition) is 5. The molecule has 2 N–H and O–H groups in total. The summed E-state index contributed by atoms with van der Waals surface area (Å²) in [5.41, 5.74) is -3.83. The molecule has 1 saturated heterocycles. The van der Waals surface area contributed by atoms with Crippen molar-refractivity contribution in [2.45, 2.75) is 23.3 Å². The molecule has 3 rings (SSSR count). The van der Waals surface area contributed by atoms with Crippen molar-refractivity contribution < 1.29 is 35.6 Å². The zero-order chi connectivity index (χ0) is 19.9. The molecule has 2 heterocycles. The van der Waals surface area contributed by atoms with Crippen LogP contribution in [0.25, 0.3) is 0 Å². The zero-order valence-corrected chi connectivity index (χ0v) is 14.2. The van der Waals surface area contributed by atoms with E-state index in [4.69, 9.17) is 4.42 Å². The Morgan fingerprint density at radius 3 is 2.33 bits per heavy atom. The Bertz CT molecular complexity index is 960. The van der Waals surface area contributed by atoms with Gasteiger partial charge in [-0.3, -0.25) is 9.69 Å². The summed E-state index contributed by atoms with van der Waals surface area (Å²) in [6.45, 7) is -0.595. The number of rotatable bonds is 5. The third-order valence-corrected chi connectivity index (χ3v) is 5.23. The Morgan fingerprint density at radius 1 is 1.11 bits per heavy atom. The third-order valence-electron chi connectivity index (χ3n) is 3.77. The molecule has 0 aliphatic carbocycles. The fourth-order valence-electron chi connectivity index (χ4n) is 2.46. The number of nitrogens with zero attached hydrogens (tertiary/aromatic N) is 1. The largest absolute Gasteiger partial charge is 0.467 e. The van der Waals surface area contributed by atoms with Crippen LogP contribution in [0.2, 0.25) is 0 Å². The van der Waals surface area contributed by atoms with E-state index in [0.717, 1.165) is 12.1 Å². The molecule has 1 aliphatic rings. The molecule has 1 atom stereocenters. The highest BCUT2D eigenvalue weighted by Gasteiger charge is 2.69. The van der Waals surface area contributed by atoms with Crippen molar-refractivity contribution in [1.82, 2.24) is 14.9 Å². The van der Waals surface area contributed by atoms with Gasteiger partial charge in [-0.15, -0.1) is 0 Å². The van der Waals surface area contributed by atoms with E-state index in [0.29, 0.717) is 0 Å². The molecule has 0 unspecified atom stereocenters. The molecule has 1 aromatic carbocycles. The number of alkyl halides is 3. The second kappa shape index (κ2) is 6.39. The summed E-state index contributed by atoms with van der Waals surface area (Å²) in [6.07, 6.45) is -4.23. The lowest BCUT2D eigenvalue weighted by Gasteiger charge is -2.29. The molecule has 0 saturated carbocycles. The van der Waals surface area contributed by atoms with E-state index in [-0.39, 0.29) is 10.7 Å². The number of carbonyl (C=O) groups excluding carboxylic acids is 2. The van der Waals surface area contributed by atoms with E-state index in [2.05, 4.69) is 0 Å². The predicted octanol–water partition coefficient (Wildman–Crippen LogP) is 1.57. The lowest BCUT2D eigenvalue weighted by atomic mass is 10.1. The highest BCUT2D eigenvalue weighted by atomic mass is 32.2. The summed E-state index contributed by atoms with van der Waals surface area (Å²) in [5.74, 6) is -1.77. The first-order chi connectivity index (χ1) is 12.6. The van der Waals surface area contributed by atoms with E-state index in [9.17, 15) is 31.2 Å². The van der Waals surface area contributed by atoms with Crippen LogP contribution >= 0.6 is 0 Å². The Kier molecular flexibility index (Phi) is 4.48. The number of imide groups is 1. The topological polar surface area (TPSA) is 109 Å². The van der Waals surface area contributed by atoms with Crippen LogP contribution in [-0.4, -0.2) is 37.1 Å². The summed E-state index contributed by atoms with van der Waals surface area (Å²) in [4.78, 5) is 24.2. The van der Waals surface area contributed by atoms with Gasteiger partial charge < -0.3 is 9.73 Å². The van der Waals surface area contributed by atoms with Gasteiger partial charge >= 0.3 is 12.2 Å². The van der Waals surface area contributed by atoms with Gasteiger partial charge in [0.25, 0.3) is 11.6 Å². The van der Waals surface area contributed by atoms with Gasteiger partial charge in [0.05, 0.1) is 17.7 Å². The van der Waals surface area contributed by atoms with Crippen LogP contribution in [0, 0.1) is 0 Å². The Balaban J connectivity index is 1.99. The number of nitrogens with one attached hydrogen (secondary N) is 2. The molecule has 12 heteroatoms. The maximum Gasteiger partial charge on any atom is 0.435 e. The molecule has 2 aromatic rings. The fraction of sp³-hybridized carbons (Fsp3) is 0.200. The van der Waals surface area contributed by atoms with Crippen LogP contribution in [0.4, 0.5) is 18.0 Å². The van der Waals surface area contributed by atoms with Crippen LogP contribution in [0.5, 0.6) is 0 Å². The Labute approximate surface area is 151 Å². The van der Waals surface area contributed by atoms with Gasteiger partial charge in [-0.05, 0) is 24.3 Å². The summed E-state index contributed by atoms with van der Waals surface area (Å²) in [6, 6.07) is 7.52. The van der Waals surface area contributed by atoms with Gasteiger partial charge in [0, 0.05) is 0 Å². The summed E-state index contributed by atoms with van der Waals surface area (Å²) < 4.78 is 72.1. The molecule has 8 nitrogen and oxygen atoms in total. The van der Waals surface area contributed by atoms with Gasteiger partial charge in [0.1, 0.15) is 5.76 Å². The average molecular weight is 403 g/mol. The Morgan fingerprint density at radius 2 is 1.78 bits per heavy atom. The smallest absolute Gasteiger partial charge is 0.435 e. The maximum absolute atomic E-state index is 13.7. The number of carbonyl (C=O) groups is 2. The molecule has 0 radical (unpaired) electrons. The number of amides is 3. The first-order valence-electron chi connectivity index (χ1n) is 7.39. The normalized spacial score (nSPS) is 20.8. The predicted molar refractivity (Wildman–Crippen MR) is 83.3 cm³/mol. The summed E-state index contributed by atoms with van der Waals surface area (Å²) in [7, 11) is -4.78. The number of halogens is 3. The highest BCUT2D eigenvalue weighted by molar-refractivity contribution is 7.89. The van der Waals surface area contributed by atoms with Gasteiger partial charge in [-0.2, -0.15) is 17.9 Å². The van der Waals surface area contributed by atoms with Crippen molar-refractivity contribution in [2.24, 2.45) is 0 Å². The first-order valence-corrected chi connectivity index (χ1v) is 8.87. The molecular formula is C15H12F3N3O5S. The van der Waals surface area contributed by atoms with Crippen molar-refractivity contribution in [3.8, 4) is 0 Å². The van der Waals surface area contributed by atoms with Crippen molar-refractivity contribution >= 4 is 22.0 Å². The second-order valence-corrected chi connectivity index (χ2v) is 7.25. The van der Waals surface area contributed by atoms with Crippen LogP contribution in [0.3, 0.4) is 0 Å². The minimum Gasteiger partial charge on any atom is -0.467 e. The molecule has 144 valence electrons.